The third-order valence-corrected chi connectivity index (χ3v) is 4.86. The normalized spacial score (nSPS) is 11.3. The molecule has 0 unspecified atom stereocenters. The van der Waals surface area contributed by atoms with Crippen molar-refractivity contribution in [3.05, 3.63) is 54.4 Å². The standard InChI is InChI=1S/C19H25N3O4S/c1-15(2)26-18-7-5-4-6-17(18)22(27(3,24)25)13-10-19(23)21-14-16-8-11-20-12-9-16/h4-9,11-12,15H,10,13-14H2,1-3H3,(H,21,23). The molecule has 1 heterocycles. The van der Waals surface area contributed by atoms with Crippen LogP contribution in [-0.2, 0) is 21.4 Å². The number of para-hydroxylation sites is 2. The minimum Gasteiger partial charge on any atom is -0.489 e. The molecule has 1 aromatic carbocycles. The summed E-state index contributed by atoms with van der Waals surface area (Å²) in [4.78, 5) is 16.1. The van der Waals surface area contributed by atoms with Crippen LogP contribution in [0.2, 0.25) is 0 Å². The molecule has 0 atom stereocenters. The highest BCUT2D eigenvalue weighted by Gasteiger charge is 2.22. The first-order valence-electron chi connectivity index (χ1n) is 8.66. The Labute approximate surface area is 160 Å². The fraction of sp³-hybridized carbons (Fsp3) is 0.368. The number of nitrogens with one attached hydrogen (secondary N) is 1. The lowest BCUT2D eigenvalue weighted by atomic mass is 10.2. The number of nitrogens with zero attached hydrogens (tertiary/aromatic N) is 2. The highest BCUT2D eigenvalue weighted by atomic mass is 32.2. The molecule has 8 heteroatoms. The second kappa shape index (κ2) is 9.36. The summed E-state index contributed by atoms with van der Waals surface area (Å²) in [5.41, 5.74) is 1.35. The predicted octanol–water partition coefficient (Wildman–Crippen LogP) is 2.34. The molecule has 7 nitrogen and oxygen atoms in total. The Morgan fingerprint density at radius 2 is 1.85 bits per heavy atom. The molecule has 27 heavy (non-hydrogen) atoms. The molecule has 146 valence electrons. The van der Waals surface area contributed by atoms with E-state index in [0.29, 0.717) is 18.0 Å². The summed E-state index contributed by atoms with van der Waals surface area (Å²) in [6.07, 6.45) is 4.36. The summed E-state index contributed by atoms with van der Waals surface area (Å²) in [5.74, 6) is 0.234. The van der Waals surface area contributed by atoms with Gasteiger partial charge in [0.15, 0.2) is 0 Å². The lowest BCUT2D eigenvalue weighted by Crippen LogP contribution is -2.35. The average Bonchev–Trinajstić information content (AvgIpc) is 2.61. The molecule has 0 bridgehead atoms. The van der Waals surface area contributed by atoms with E-state index in [9.17, 15) is 13.2 Å². The Balaban J connectivity index is 2.07. The zero-order valence-electron chi connectivity index (χ0n) is 15.8. The maximum atomic E-state index is 12.3. The van der Waals surface area contributed by atoms with Crippen molar-refractivity contribution in [1.82, 2.24) is 10.3 Å². The highest BCUT2D eigenvalue weighted by molar-refractivity contribution is 7.92. The predicted molar refractivity (Wildman–Crippen MR) is 105 cm³/mol. The van der Waals surface area contributed by atoms with E-state index >= 15 is 0 Å². The minimum atomic E-state index is -3.57. The first kappa shape index (κ1) is 20.7. The van der Waals surface area contributed by atoms with Gasteiger partial charge < -0.3 is 10.1 Å². The van der Waals surface area contributed by atoms with Crippen LogP contribution in [0, 0.1) is 0 Å². The molecule has 1 N–H and O–H groups in total. The van der Waals surface area contributed by atoms with Crippen LogP contribution in [-0.4, -0.2) is 38.2 Å². The Hall–Kier alpha value is -2.61. The topological polar surface area (TPSA) is 88.6 Å². The summed E-state index contributed by atoms with van der Waals surface area (Å²) in [6.45, 7) is 4.13. The van der Waals surface area contributed by atoms with Gasteiger partial charge in [-0.05, 0) is 43.7 Å². The second-order valence-electron chi connectivity index (χ2n) is 6.35. The van der Waals surface area contributed by atoms with Crippen molar-refractivity contribution in [2.75, 3.05) is 17.1 Å². The third kappa shape index (κ3) is 6.56. The van der Waals surface area contributed by atoms with Crippen molar-refractivity contribution in [3.63, 3.8) is 0 Å². The van der Waals surface area contributed by atoms with Crippen molar-refractivity contribution in [2.24, 2.45) is 0 Å². The maximum absolute atomic E-state index is 12.3. The van der Waals surface area contributed by atoms with Crippen LogP contribution >= 0.6 is 0 Å². The molecule has 0 saturated heterocycles. The summed E-state index contributed by atoms with van der Waals surface area (Å²) >= 11 is 0. The number of pyridine rings is 1. The number of amides is 1. The number of anilines is 1. The van der Waals surface area contributed by atoms with E-state index in [0.717, 1.165) is 11.8 Å². The Kier molecular flexibility index (Phi) is 7.18. The third-order valence-electron chi connectivity index (χ3n) is 3.68. The summed E-state index contributed by atoms with van der Waals surface area (Å²) in [7, 11) is -3.57. The number of aromatic nitrogens is 1. The zero-order valence-corrected chi connectivity index (χ0v) is 16.6. The van der Waals surface area contributed by atoms with Crippen molar-refractivity contribution in [1.29, 1.82) is 0 Å². The molecule has 0 radical (unpaired) electrons. The van der Waals surface area contributed by atoms with Gasteiger partial charge in [-0.15, -0.1) is 0 Å². The molecule has 2 rings (SSSR count). The van der Waals surface area contributed by atoms with Gasteiger partial charge in [0, 0.05) is 31.9 Å². The zero-order chi connectivity index (χ0) is 19.9. The van der Waals surface area contributed by atoms with Crippen molar-refractivity contribution in [3.8, 4) is 5.75 Å². The van der Waals surface area contributed by atoms with Gasteiger partial charge in [-0.3, -0.25) is 14.1 Å². The molecule has 0 fully saturated rings. The van der Waals surface area contributed by atoms with Gasteiger partial charge >= 0.3 is 0 Å². The Bertz CT molecular complexity index is 854. The molecule has 2 aromatic rings. The fourth-order valence-electron chi connectivity index (χ4n) is 2.47. The Morgan fingerprint density at radius 3 is 2.48 bits per heavy atom. The lowest BCUT2D eigenvalue weighted by Gasteiger charge is -2.25. The van der Waals surface area contributed by atoms with Gasteiger partial charge in [0.05, 0.1) is 18.0 Å². The van der Waals surface area contributed by atoms with E-state index in [-0.39, 0.29) is 25.0 Å². The Morgan fingerprint density at radius 1 is 1.19 bits per heavy atom. The van der Waals surface area contributed by atoms with Gasteiger partial charge in [0.1, 0.15) is 5.75 Å². The SMILES string of the molecule is CC(C)Oc1ccccc1N(CCC(=O)NCc1ccncc1)S(C)(=O)=O. The number of carbonyl (C=O) groups is 1. The van der Waals surface area contributed by atoms with Crippen LogP contribution in [0.5, 0.6) is 5.75 Å². The summed E-state index contributed by atoms with van der Waals surface area (Å²) in [6, 6.07) is 10.5. The number of carbonyl (C=O) groups excluding carboxylic acids is 1. The van der Waals surface area contributed by atoms with Crippen molar-refractivity contribution < 1.29 is 17.9 Å². The number of hydrogen-bond donors (Lipinski definition) is 1. The van der Waals surface area contributed by atoms with Crippen LogP contribution in [0.25, 0.3) is 0 Å². The van der Waals surface area contributed by atoms with Crippen LogP contribution in [0.3, 0.4) is 0 Å². The molecular weight excluding hydrogens is 366 g/mol. The highest BCUT2D eigenvalue weighted by Crippen LogP contribution is 2.30. The van der Waals surface area contributed by atoms with E-state index in [1.165, 1.54) is 4.31 Å². The van der Waals surface area contributed by atoms with Crippen LogP contribution in [0.4, 0.5) is 5.69 Å². The van der Waals surface area contributed by atoms with Gasteiger partial charge in [0.2, 0.25) is 15.9 Å². The maximum Gasteiger partial charge on any atom is 0.232 e. The van der Waals surface area contributed by atoms with E-state index in [2.05, 4.69) is 10.3 Å². The smallest absolute Gasteiger partial charge is 0.232 e. The number of rotatable bonds is 9. The van der Waals surface area contributed by atoms with Crippen molar-refractivity contribution >= 4 is 21.6 Å². The summed E-state index contributed by atoms with van der Waals surface area (Å²) < 4.78 is 31.5. The number of hydrogen-bond acceptors (Lipinski definition) is 5. The molecule has 0 spiro atoms. The minimum absolute atomic E-state index is 0.0273. The number of ether oxygens (including phenoxy) is 1. The van der Waals surface area contributed by atoms with E-state index in [1.807, 2.05) is 26.0 Å². The molecule has 1 aromatic heterocycles. The quantitative estimate of drug-likeness (QED) is 0.709. The second-order valence-corrected chi connectivity index (χ2v) is 8.26. The van der Waals surface area contributed by atoms with Crippen LogP contribution in [0.1, 0.15) is 25.8 Å². The van der Waals surface area contributed by atoms with E-state index in [1.54, 1.807) is 36.7 Å². The van der Waals surface area contributed by atoms with Crippen LogP contribution < -0.4 is 14.4 Å². The molecule has 0 aliphatic rings. The largest absolute Gasteiger partial charge is 0.489 e. The monoisotopic (exact) mass is 391 g/mol. The molecule has 0 aliphatic heterocycles. The fourth-order valence-corrected chi connectivity index (χ4v) is 3.41. The van der Waals surface area contributed by atoms with Gasteiger partial charge in [-0.2, -0.15) is 0 Å². The van der Waals surface area contributed by atoms with Gasteiger partial charge in [-0.1, -0.05) is 12.1 Å². The average molecular weight is 391 g/mol. The van der Waals surface area contributed by atoms with Crippen LogP contribution in [0.15, 0.2) is 48.8 Å². The first-order valence-corrected chi connectivity index (χ1v) is 10.5. The van der Waals surface area contributed by atoms with Crippen molar-refractivity contribution in [2.45, 2.75) is 32.9 Å². The van der Waals surface area contributed by atoms with E-state index in [4.69, 9.17) is 4.74 Å². The first-order chi connectivity index (χ1) is 12.8. The lowest BCUT2D eigenvalue weighted by molar-refractivity contribution is -0.121. The van der Waals surface area contributed by atoms with Gasteiger partial charge in [-0.25, -0.2) is 8.42 Å². The van der Waals surface area contributed by atoms with Gasteiger partial charge in [0.25, 0.3) is 0 Å². The molecular formula is C19H25N3O4S. The van der Waals surface area contributed by atoms with E-state index < -0.39 is 10.0 Å². The molecule has 0 saturated carbocycles. The molecule has 1 amide bonds. The number of benzene rings is 1. The summed E-state index contributed by atoms with van der Waals surface area (Å²) in [5, 5.41) is 2.78. The molecule has 0 aliphatic carbocycles. The number of sulfonamides is 1.